The van der Waals surface area contributed by atoms with Gasteiger partial charge >= 0.3 is 11.9 Å². The van der Waals surface area contributed by atoms with Crippen LogP contribution in [0.3, 0.4) is 0 Å². The van der Waals surface area contributed by atoms with E-state index in [1.807, 2.05) is 0 Å². The first-order valence-electron chi connectivity index (χ1n) is 4.79. The molecular weight excluding hydrogens is 186 g/mol. The third kappa shape index (κ3) is 2.70. The van der Waals surface area contributed by atoms with Crippen LogP contribution in [0.2, 0.25) is 0 Å². The number of ether oxygens (including phenoxy) is 1. The van der Waals surface area contributed by atoms with Crippen molar-refractivity contribution in [3.8, 4) is 0 Å². The van der Waals surface area contributed by atoms with Gasteiger partial charge in [-0.2, -0.15) is 0 Å². The first kappa shape index (κ1) is 11.0. The largest absolute Gasteiger partial charge is 0.459 e. The topological polar surface area (TPSA) is 66.8 Å². The lowest BCUT2D eigenvalue weighted by Crippen LogP contribution is -2.45. The maximum atomic E-state index is 11.4. The van der Waals surface area contributed by atoms with Crippen LogP contribution >= 0.6 is 0 Å². The number of hydrogen-bond donors (Lipinski definition) is 1. The minimum absolute atomic E-state index is 0.195. The van der Waals surface area contributed by atoms with Crippen LogP contribution in [0.1, 0.15) is 19.8 Å². The molecule has 1 unspecified atom stereocenters. The van der Waals surface area contributed by atoms with E-state index >= 15 is 0 Å². The van der Waals surface area contributed by atoms with Crippen molar-refractivity contribution in [3.63, 3.8) is 0 Å². The molecular formula is C9H15NO4. The van der Waals surface area contributed by atoms with E-state index in [0.717, 1.165) is 6.42 Å². The summed E-state index contributed by atoms with van der Waals surface area (Å²) in [6, 6.07) is 0. The van der Waals surface area contributed by atoms with Gasteiger partial charge in [0.1, 0.15) is 0 Å². The number of piperidine rings is 1. The van der Waals surface area contributed by atoms with E-state index in [1.165, 1.54) is 4.90 Å². The molecule has 0 bridgehead atoms. The molecule has 1 aliphatic rings. The molecule has 5 heteroatoms. The average molecular weight is 201 g/mol. The Balaban J connectivity index is 2.47. The van der Waals surface area contributed by atoms with Crippen LogP contribution in [0.5, 0.6) is 0 Å². The zero-order chi connectivity index (χ0) is 10.6. The van der Waals surface area contributed by atoms with Crippen molar-refractivity contribution in [1.29, 1.82) is 0 Å². The SMILES string of the molecule is CCOC(=O)C(=O)N1CCCC(O)C1. The summed E-state index contributed by atoms with van der Waals surface area (Å²) in [5.41, 5.74) is 0. The van der Waals surface area contributed by atoms with Crippen LogP contribution in [0.25, 0.3) is 0 Å². The Bertz CT molecular complexity index is 229. The number of aliphatic hydroxyl groups is 1. The zero-order valence-electron chi connectivity index (χ0n) is 8.23. The van der Waals surface area contributed by atoms with Crippen molar-refractivity contribution in [2.45, 2.75) is 25.9 Å². The fraction of sp³-hybridized carbons (Fsp3) is 0.778. The number of rotatable bonds is 1. The number of carbonyl (C=O) groups excluding carboxylic acids is 2. The van der Waals surface area contributed by atoms with Crippen molar-refractivity contribution in [1.82, 2.24) is 4.90 Å². The van der Waals surface area contributed by atoms with Crippen LogP contribution in [0.15, 0.2) is 0 Å². The predicted octanol–water partition coefficient (Wildman–Crippen LogP) is -0.467. The Morgan fingerprint density at radius 1 is 1.57 bits per heavy atom. The van der Waals surface area contributed by atoms with Gasteiger partial charge in [-0.05, 0) is 19.8 Å². The van der Waals surface area contributed by atoms with Gasteiger partial charge in [-0.3, -0.25) is 4.79 Å². The van der Waals surface area contributed by atoms with Gasteiger partial charge in [0.05, 0.1) is 12.7 Å². The second kappa shape index (κ2) is 4.95. The molecule has 0 aromatic heterocycles. The van der Waals surface area contributed by atoms with Crippen molar-refractivity contribution >= 4 is 11.9 Å². The van der Waals surface area contributed by atoms with Crippen LogP contribution < -0.4 is 0 Å². The number of carbonyl (C=O) groups is 2. The fourth-order valence-electron chi connectivity index (χ4n) is 1.46. The zero-order valence-corrected chi connectivity index (χ0v) is 8.23. The van der Waals surface area contributed by atoms with Crippen molar-refractivity contribution in [3.05, 3.63) is 0 Å². The van der Waals surface area contributed by atoms with Gasteiger partial charge in [0, 0.05) is 13.1 Å². The van der Waals surface area contributed by atoms with E-state index in [4.69, 9.17) is 0 Å². The maximum absolute atomic E-state index is 11.4. The summed E-state index contributed by atoms with van der Waals surface area (Å²) in [6.45, 7) is 2.60. The van der Waals surface area contributed by atoms with Crippen LogP contribution in [0.4, 0.5) is 0 Å². The highest BCUT2D eigenvalue weighted by Crippen LogP contribution is 2.10. The van der Waals surface area contributed by atoms with Crippen LogP contribution in [-0.4, -0.2) is 47.7 Å². The Morgan fingerprint density at radius 3 is 2.86 bits per heavy atom. The number of β-amino-alcohol motifs (C(OH)–C–C–N with tert-alkyl or cyclic N) is 1. The maximum Gasteiger partial charge on any atom is 0.397 e. The van der Waals surface area contributed by atoms with Gasteiger partial charge in [-0.15, -0.1) is 0 Å². The molecule has 1 heterocycles. The smallest absolute Gasteiger partial charge is 0.397 e. The quantitative estimate of drug-likeness (QED) is 0.460. The van der Waals surface area contributed by atoms with E-state index < -0.39 is 18.0 Å². The van der Waals surface area contributed by atoms with Gasteiger partial charge in [0.25, 0.3) is 0 Å². The lowest BCUT2D eigenvalue weighted by Gasteiger charge is -2.28. The average Bonchev–Trinajstić information content (AvgIpc) is 2.17. The first-order valence-corrected chi connectivity index (χ1v) is 4.79. The van der Waals surface area contributed by atoms with E-state index in [9.17, 15) is 14.7 Å². The Labute approximate surface area is 82.6 Å². The summed E-state index contributed by atoms with van der Waals surface area (Å²) >= 11 is 0. The highest BCUT2D eigenvalue weighted by Gasteiger charge is 2.27. The molecule has 1 aliphatic heterocycles. The third-order valence-electron chi connectivity index (χ3n) is 2.13. The summed E-state index contributed by atoms with van der Waals surface area (Å²) in [6.07, 6.45) is 0.904. The second-order valence-electron chi connectivity index (χ2n) is 3.27. The standard InChI is InChI=1S/C9H15NO4/c1-2-14-9(13)8(12)10-5-3-4-7(11)6-10/h7,11H,2-6H2,1H3. The van der Waals surface area contributed by atoms with Gasteiger partial charge < -0.3 is 14.7 Å². The molecule has 14 heavy (non-hydrogen) atoms. The number of nitrogens with zero attached hydrogens (tertiary/aromatic N) is 1. The molecule has 0 aromatic rings. The third-order valence-corrected chi connectivity index (χ3v) is 2.13. The molecule has 0 spiro atoms. The molecule has 0 saturated carbocycles. The molecule has 5 nitrogen and oxygen atoms in total. The van der Waals surface area contributed by atoms with E-state index in [-0.39, 0.29) is 13.2 Å². The minimum Gasteiger partial charge on any atom is -0.459 e. The number of likely N-dealkylation sites (tertiary alicyclic amines) is 1. The Hall–Kier alpha value is -1.10. The molecule has 1 N–H and O–H groups in total. The van der Waals surface area contributed by atoms with Gasteiger partial charge in [-0.1, -0.05) is 0 Å². The van der Waals surface area contributed by atoms with Crippen molar-refractivity contribution in [2.75, 3.05) is 19.7 Å². The van der Waals surface area contributed by atoms with Crippen molar-refractivity contribution < 1.29 is 19.4 Å². The highest BCUT2D eigenvalue weighted by molar-refractivity contribution is 6.32. The van der Waals surface area contributed by atoms with Crippen LogP contribution in [0, 0.1) is 0 Å². The molecule has 0 aliphatic carbocycles. The fourth-order valence-corrected chi connectivity index (χ4v) is 1.46. The van der Waals surface area contributed by atoms with Crippen LogP contribution in [-0.2, 0) is 14.3 Å². The second-order valence-corrected chi connectivity index (χ2v) is 3.27. The summed E-state index contributed by atoms with van der Waals surface area (Å²) < 4.78 is 4.58. The highest BCUT2D eigenvalue weighted by atomic mass is 16.5. The molecule has 0 radical (unpaired) electrons. The number of hydrogen-bond acceptors (Lipinski definition) is 4. The predicted molar refractivity (Wildman–Crippen MR) is 48.5 cm³/mol. The molecule has 1 fully saturated rings. The number of esters is 1. The molecule has 1 atom stereocenters. The van der Waals surface area contributed by atoms with E-state index in [1.54, 1.807) is 6.92 Å². The molecule has 1 amide bonds. The van der Waals surface area contributed by atoms with Gasteiger partial charge in [-0.25, -0.2) is 4.79 Å². The molecule has 1 rings (SSSR count). The first-order chi connectivity index (χ1) is 6.65. The monoisotopic (exact) mass is 201 g/mol. The Kier molecular flexibility index (Phi) is 3.88. The number of amides is 1. The molecule has 80 valence electrons. The van der Waals surface area contributed by atoms with Gasteiger partial charge in [0.2, 0.25) is 0 Å². The normalized spacial score (nSPS) is 21.9. The summed E-state index contributed by atoms with van der Waals surface area (Å²) in [4.78, 5) is 23.8. The lowest BCUT2D eigenvalue weighted by atomic mass is 10.1. The molecule has 0 aromatic carbocycles. The summed E-state index contributed by atoms with van der Waals surface area (Å²) in [5.74, 6) is -1.48. The van der Waals surface area contributed by atoms with E-state index in [0.29, 0.717) is 13.0 Å². The van der Waals surface area contributed by atoms with Gasteiger partial charge in [0.15, 0.2) is 0 Å². The molecule has 1 saturated heterocycles. The van der Waals surface area contributed by atoms with E-state index in [2.05, 4.69) is 4.74 Å². The minimum atomic E-state index is -0.832. The lowest BCUT2D eigenvalue weighted by molar-refractivity contribution is -0.161. The summed E-state index contributed by atoms with van der Waals surface area (Å²) in [7, 11) is 0. The number of aliphatic hydroxyl groups excluding tert-OH is 1. The Morgan fingerprint density at radius 2 is 2.29 bits per heavy atom. The van der Waals surface area contributed by atoms with Crippen molar-refractivity contribution in [2.24, 2.45) is 0 Å². The summed E-state index contributed by atoms with van der Waals surface area (Å²) in [5, 5.41) is 9.29.